The van der Waals surface area contributed by atoms with Gasteiger partial charge in [0.15, 0.2) is 0 Å². The first-order valence-electron chi connectivity index (χ1n) is 8.34. The van der Waals surface area contributed by atoms with Crippen LogP contribution in [0.25, 0.3) is 0 Å². The lowest BCUT2D eigenvalue weighted by molar-refractivity contribution is 0.0945. The number of carbonyl (C=O) groups is 1. The van der Waals surface area contributed by atoms with E-state index in [1.807, 2.05) is 72.6 Å². The highest BCUT2D eigenvalue weighted by molar-refractivity contribution is 5.93. The summed E-state index contributed by atoms with van der Waals surface area (Å²) in [7, 11) is 3.58. The average Bonchev–Trinajstić information content (AvgIpc) is 2.72. The van der Waals surface area contributed by atoms with E-state index in [1.54, 1.807) is 19.4 Å². The monoisotopic (exact) mass is 347 g/mol. The van der Waals surface area contributed by atoms with Crippen LogP contribution in [0.3, 0.4) is 0 Å². The van der Waals surface area contributed by atoms with Gasteiger partial charge in [0.2, 0.25) is 0 Å². The second-order valence-electron chi connectivity index (χ2n) is 5.79. The van der Waals surface area contributed by atoms with Crippen LogP contribution in [-0.2, 0) is 6.54 Å². The van der Waals surface area contributed by atoms with Crippen molar-refractivity contribution in [2.45, 2.75) is 6.54 Å². The van der Waals surface area contributed by atoms with Gasteiger partial charge in [0.1, 0.15) is 11.4 Å². The molecule has 0 bridgehead atoms. The third-order valence-corrected chi connectivity index (χ3v) is 4.14. The van der Waals surface area contributed by atoms with Crippen molar-refractivity contribution in [2.24, 2.45) is 0 Å². The molecule has 0 unspecified atom stereocenters. The lowest BCUT2D eigenvalue weighted by Crippen LogP contribution is -2.24. The Balaban J connectivity index is 1.72. The van der Waals surface area contributed by atoms with Gasteiger partial charge in [-0.1, -0.05) is 36.4 Å². The van der Waals surface area contributed by atoms with E-state index in [-0.39, 0.29) is 5.91 Å². The Morgan fingerprint density at radius 2 is 1.77 bits per heavy atom. The first-order valence-corrected chi connectivity index (χ1v) is 8.34. The molecule has 132 valence electrons. The number of para-hydroxylation sites is 2. The number of nitrogens with zero attached hydrogens (tertiary/aromatic N) is 2. The van der Waals surface area contributed by atoms with Crippen LogP contribution >= 0.6 is 0 Å². The number of methoxy groups -OCH3 is 1. The van der Waals surface area contributed by atoms with Crippen LogP contribution in [0.4, 0.5) is 11.4 Å². The SMILES string of the molecule is COc1ccccc1CNC(=O)c1cc(N(C)c2ccccc2)ccn1. The molecule has 0 aliphatic heterocycles. The van der Waals surface area contributed by atoms with Gasteiger partial charge in [0, 0.05) is 36.7 Å². The third kappa shape index (κ3) is 4.00. The molecule has 2 aromatic carbocycles. The van der Waals surface area contributed by atoms with Crippen LogP contribution in [0.2, 0.25) is 0 Å². The fourth-order valence-electron chi connectivity index (χ4n) is 2.67. The van der Waals surface area contributed by atoms with Gasteiger partial charge < -0.3 is 15.0 Å². The minimum absolute atomic E-state index is 0.223. The highest BCUT2D eigenvalue weighted by Gasteiger charge is 2.11. The molecule has 0 spiro atoms. The van der Waals surface area contributed by atoms with Gasteiger partial charge in [0.25, 0.3) is 5.91 Å². The molecule has 0 saturated heterocycles. The van der Waals surface area contributed by atoms with E-state index in [4.69, 9.17) is 4.74 Å². The highest BCUT2D eigenvalue weighted by Crippen LogP contribution is 2.23. The number of ether oxygens (including phenoxy) is 1. The third-order valence-electron chi connectivity index (χ3n) is 4.14. The van der Waals surface area contributed by atoms with Crippen molar-refractivity contribution in [2.75, 3.05) is 19.1 Å². The van der Waals surface area contributed by atoms with Gasteiger partial charge in [-0.2, -0.15) is 0 Å². The Hall–Kier alpha value is -3.34. The van der Waals surface area contributed by atoms with Gasteiger partial charge in [0.05, 0.1) is 7.11 Å². The maximum Gasteiger partial charge on any atom is 0.270 e. The number of carbonyl (C=O) groups excluding carboxylic acids is 1. The molecule has 1 aromatic heterocycles. The molecule has 1 N–H and O–H groups in total. The fourth-order valence-corrected chi connectivity index (χ4v) is 2.67. The zero-order valence-corrected chi connectivity index (χ0v) is 14.8. The van der Waals surface area contributed by atoms with Gasteiger partial charge in [-0.05, 0) is 30.3 Å². The summed E-state index contributed by atoms with van der Waals surface area (Å²) in [5.41, 5.74) is 3.23. The van der Waals surface area contributed by atoms with E-state index in [0.717, 1.165) is 22.7 Å². The van der Waals surface area contributed by atoms with Gasteiger partial charge in [-0.3, -0.25) is 9.78 Å². The Morgan fingerprint density at radius 1 is 1.04 bits per heavy atom. The summed E-state index contributed by atoms with van der Waals surface area (Å²) in [5.74, 6) is 0.525. The average molecular weight is 347 g/mol. The molecule has 3 rings (SSSR count). The van der Waals surface area contributed by atoms with Crippen molar-refractivity contribution in [3.8, 4) is 5.75 Å². The molecule has 0 saturated carbocycles. The quantitative estimate of drug-likeness (QED) is 0.737. The maximum absolute atomic E-state index is 12.5. The molecule has 0 radical (unpaired) electrons. The van der Waals surface area contributed by atoms with Crippen LogP contribution in [0.15, 0.2) is 72.9 Å². The Morgan fingerprint density at radius 3 is 2.54 bits per heavy atom. The van der Waals surface area contributed by atoms with Crippen LogP contribution in [-0.4, -0.2) is 25.0 Å². The molecule has 0 fully saturated rings. The van der Waals surface area contributed by atoms with Gasteiger partial charge in [-0.25, -0.2) is 0 Å². The number of hydrogen-bond donors (Lipinski definition) is 1. The van der Waals surface area contributed by atoms with E-state index in [2.05, 4.69) is 10.3 Å². The number of pyridine rings is 1. The Bertz CT molecular complexity index is 881. The maximum atomic E-state index is 12.5. The van der Waals surface area contributed by atoms with E-state index >= 15 is 0 Å². The van der Waals surface area contributed by atoms with Crippen molar-refractivity contribution in [3.63, 3.8) is 0 Å². The summed E-state index contributed by atoms with van der Waals surface area (Å²) >= 11 is 0. The molecular formula is C21H21N3O2. The minimum Gasteiger partial charge on any atom is -0.496 e. The zero-order chi connectivity index (χ0) is 18.4. The first kappa shape index (κ1) is 17.5. The highest BCUT2D eigenvalue weighted by atomic mass is 16.5. The van der Waals surface area contributed by atoms with E-state index < -0.39 is 0 Å². The predicted octanol–water partition coefficient (Wildman–Crippen LogP) is 3.79. The number of rotatable bonds is 6. The van der Waals surface area contributed by atoms with Crippen molar-refractivity contribution in [3.05, 3.63) is 84.2 Å². The topological polar surface area (TPSA) is 54.5 Å². The summed E-state index contributed by atoms with van der Waals surface area (Å²) in [4.78, 5) is 18.7. The molecule has 1 heterocycles. The number of benzene rings is 2. The number of aromatic nitrogens is 1. The van der Waals surface area contributed by atoms with Gasteiger partial charge >= 0.3 is 0 Å². The minimum atomic E-state index is -0.223. The lowest BCUT2D eigenvalue weighted by Gasteiger charge is -2.19. The molecule has 5 heteroatoms. The number of nitrogens with one attached hydrogen (secondary N) is 1. The van der Waals surface area contributed by atoms with Crippen LogP contribution in [0, 0.1) is 0 Å². The number of anilines is 2. The summed E-state index contributed by atoms with van der Waals surface area (Å²) in [6, 6.07) is 21.2. The van der Waals surface area contributed by atoms with E-state index in [0.29, 0.717) is 12.2 Å². The van der Waals surface area contributed by atoms with Crippen molar-refractivity contribution < 1.29 is 9.53 Å². The number of amides is 1. The van der Waals surface area contributed by atoms with Crippen LogP contribution in [0.5, 0.6) is 5.75 Å². The Labute approximate surface area is 153 Å². The standard InChI is InChI=1S/C21H21N3O2/c1-24(17-9-4-3-5-10-17)18-12-13-22-19(14-18)21(25)23-15-16-8-6-7-11-20(16)26-2/h3-14H,15H2,1-2H3,(H,23,25). The lowest BCUT2D eigenvalue weighted by atomic mass is 10.2. The second-order valence-corrected chi connectivity index (χ2v) is 5.79. The van der Waals surface area contributed by atoms with Crippen molar-refractivity contribution >= 4 is 17.3 Å². The predicted molar refractivity (Wildman–Crippen MR) is 103 cm³/mol. The molecule has 1 amide bonds. The van der Waals surface area contributed by atoms with E-state index in [1.165, 1.54) is 0 Å². The van der Waals surface area contributed by atoms with Crippen molar-refractivity contribution in [1.82, 2.24) is 10.3 Å². The fraction of sp³-hybridized carbons (Fsp3) is 0.143. The van der Waals surface area contributed by atoms with Crippen molar-refractivity contribution in [1.29, 1.82) is 0 Å². The van der Waals surface area contributed by atoms with Gasteiger partial charge in [-0.15, -0.1) is 0 Å². The largest absolute Gasteiger partial charge is 0.496 e. The smallest absolute Gasteiger partial charge is 0.270 e. The molecule has 0 aliphatic rings. The molecule has 26 heavy (non-hydrogen) atoms. The van der Waals surface area contributed by atoms with Crippen LogP contribution in [0.1, 0.15) is 16.1 Å². The molecule has 5 nitrogen and oxygen atoms in total. The summed E-state index contributed by atoms with van der Waals surface area (Å²) in [5, 5.41) is 2.90. The van der Waals surface area contributed by atoms with Crippen LogP contribution < -0.4 is 15.0 Å². The summed E-state index contributed by atoms with van der Waals surface area (Å²) < 4.78 is 5.31. The molecular weight excluding hydrogens is 326 g/mol. The molecule has 0 aliphatic carbocycles. The summed E-state index contributed by atoms with van der Waals surface area (Å²) in [6.07, 6.45) is 1.65. The Kier molecular flexibility index (Phi) is 5.49. The molecule has 0 atom stereocenters. The zero-order valence-electron chi connectivity index (χ0n) is 14.8. The first-order chi connectivity index (χ1) is 12.7. The molecule has 3 aromatic rings. The number of hydrogen-bond acceptors (Lipinski definition) is 4. The van der Waals surface area contributed by atoms with E-state index in [9.17, 15) is 4.79 Å². The second kappa shape index (κ2) is 8.16. The normalized spacial score (nSPS) is 10.2. The summed E-state index contributed by atoms with van der Waals surface area (Å²) in [6.45, 7) is 0.378.